The third kappa shape index (κ3) is 3.47. The SMILES string of the molecule is Cc1ncc(Br)cc1NC(=O)N1CCC(C(=O)O)CC1. The molecule has 1 saturated heterocycles. The number of aromatic nitrogens is 1. The highest BCUT2D eigenvalue weighted by molar-refractivity contribution is 9.10. The van der Waals surface area contributed by atoms with Gasteiger partial charge in [0.25, 0.3) is 0 Å². The lowest BCUT2D eigenvalue weighted by Crippen LogP contribution is -2.42. The number of nitrogens with zero attached hydrogens (tertiary/aromatic N) is 2. The highest BCUT2D eigenvalue weighted by atomic mass is 79.9. The number of carbonyl (C=O) groups excluding carboxylic acids is 1. The number of rotatable bonds is 2. The van der Waals surface area contributed by atoms with Gasteiger partial charge in [-0.25, -0.2) is 4.79 Å². The van der Waals surface area contributed by atoms with Gasteiger partial charge < -0.3 is 15.3 Å². The number of hydrogen-bond donors (Lipinski definition) is 2. The van der Waals surface area contributed by atoms with E-state index < -0.39 is 5.97 Å². The molecule has 0 spiro atoms. The zero-order valence-electron chi connectivity index (χ0n) is 11.1. The van der Waals surface area contributed by atoms with E-state index in [1.807, 2.05) is 6.92 Å². The van der Waals surface area contributed by atoms with Crippen LogP contribution in [-0.4, -0.2) is 40.1 Å². The lowest BCUT2D eigenvalue weighted by molar-refractivity contribution is -0.143. The van der Waals surface area contributed by atoms with Crippen molar-refractivity contribution in [2.24, 2.45) is 5.92 Å². The second-order valence-corrected chi connectivity index (χ2v) is 5.73. The molecule has 2 N–H and O–H groups in total. The zero-order valence-corrected chi connectivity index (χ0v) is 12.7. The van der Waals surface area contributed by atoms with E-state index in [0.29, 0.717) is 31.6 Å². The number of nitrogens with one attached hydrogen (secondary N) is 1. The summed E-state index contributed by atoms with van der Waals surface area (Å²) >= 11 is 3.31. The maximum atomic E-state index is 12.1. The van der Waals surface area contributed by atoms with Gasteiger partial charge in [0, 0.05) is 23.8 Å². The maximum Gasteiger partial charge on any atom is 0.321 e. The molecule has 0 unspecified atom stereocenters. The molecule has 7 heteroatoms. The normalized spacial score (nSPS) is 16.0. The number of amides is 2. The summed E-state index contributed by atoms with van der Waals surface area (Å²) in [5, 5.41) is 11.7. The number of carbonyl (C=O) groups is 2. The number of hydrogen-bond acceptors (Lipinski definition) is 3. The van der Waals surface area contributed by atoms with Crippen LogP contribution in [0.4, 0.5) is 10.5 Å². The molecule has 0 atom stereocenters. The van der Waals surface area contributed by atoms with Crippen molar-refractivity contribution >= 4 is 33.6 Å². The minimum Gasteiger partial charge on any atom is -0.481 e. The molecule has 6 nitrogen and oxygen atoms in total. The summed E-state index contributed by atoms with van der Waals surface area (Å²) in [4.78, 5) is 28.8. The van der Waals surface area contributed by atoms with Crippen LogP contribution in [0.5, 0.6) is 0 Å². The predicted octanol–water partition coefficient (Wildman–Crippen LogP) is 2.48. The molecular weight excluding hydrogens is 326 g/mol. The van der Waals surface area contributed by atoms with Crippen LogP contribution < -0.4 is 5.32 Å². The molecule has 0 saturated carbocycles. The van der Waals surface area contributed by atoms with Crippen LogP contribution in [-0.2, 0) is 4.79 Å². The Kier molecular flexibility index (Phi) is 4.59. The van der Waals surface area contributed by atoms with Crippen molar-refractivity contribution < 1.29 is 14.7 Å². The lowest BCUT2D eigenvalue weighted by Gasteiger charge is -2.30. The van der Waals surface area contributed by atoms with Gasteiger partial charge in [0.15, 0.2) is 0 Å². The number of piperidine rings is 1. The molecule has 1 aromatic rings. The average molecular weight is 342 g/mol. The number of aliphatic carboxylic acids is 1. The number of carboxylic acid groups (broad SMARTS) is 1. The van der Waals surface area contributed by atoms with E-state index >= 15 is 0 Å². The Morgan fingerprint density at radius 3 is 2.70 bits per heavy atom. The first-order chi connectivity index (χ1) is 9.47. The van der Waals surface area contributed by atoms with Gasteiger partial charge in [-0.2, -0.15) is 0 Å². The standard InChI is InChI=1S/C13H16BrN3O3/c1-8-11(6-10(14)7-15-8)16-13(20)17-4-2-9(3-5-17)12(18)19/h6-7,9H,2-5H2,1H3,(H,16,20)(H,18,19). The Bertz CT molecular complexity index is 528. The van der Waals surface area contributed by atoms with Crippen LogP contribution in [0, 0.1) is 12.8 Å². The Morgan fingerprint density at radius 2 is 2.10 bits per heavy atom. The van der Waals surface area contributed by atoms with Gasteiger partial charge in [0.1, 0.15) is 0 Å². The maximum absolute atomic E-state index is 12.1. The van der Waals surface area contributed by atoms with Crippen LogP contribution in [0.1, 0.15) is 18.5 Å². The smallest absolute Gasteiger partial charge is 0.321 e. The quantitative estimate of drug-likeness (QED) is 0.865. The molecule has 1 fully saturated rings. The topological polar surface area (TPSA) is 82.5 Å². The van der Waals surface area contributed by atoms with E-state index in [9.17, 15) is 9.59 Å². The molecular formula is C13H16BrN3O3. The van der Waals surface area contributed by atoms with Gasteiger partial charge in [-0.1, -0.05) is 0 Å². The van der Waals surface area contributed by atoms with Gasteiger partial charge >= 0.3 is 12.0 Å². The van der Waals surface area contributed by atoms with E-state index in [0.717, 1.165) is 10.2 Å². The third-order valence-corrected chi connectivity index (χ3v) is 3.86. The summed E-state index contributed by atoms with van der Waals surface area (Å²) in [7, 11) is 0. The molecule has 2 rings (SSSR count). The van der Waals surface area contributed by atoms with Gasteiger partial charge in [-0.05, 0) is 41.8 Å². The van der Waals surface area contributed by atoms with Gasteiger partial charge in [-0.15, -0.1) is 0 Å². The van der Waals surface area contributed by atoms with E-state index in [2.05, 4.69) is 26.2 Å². The van der Waals surface area contributed by atoms with E-state index in [1.54, 1.807) is 17.2 Å². The van der Waals surface area contributed by atoms with Crippen LogP contribution in [0.15, 0.2) is 16.7 Å². The summed E-state index contributed by atoms with van der Waals surface area (Å²) in [6.45, 7) is 2.74. The van der Waals surface area contributed by atoms with Crippen molar-refractivity contribution in [3.63, 3.8) is 0 Å². The molecule has 2 amide bonds. The van der Waals surface area contributed by atoms with Crippen LogP contribution in [0.3, 0.4) is 0 Å². The molecule has 0 radical (unpaired) electrons. The van der Waals surface area contributed by atoms with Crippen molar-refractivity contribution in [3.8, 4) is 0 Å². The molecule has 1 aromatic heterocycles. The Hall–Kier alpha value is -1.63. The van der Waals surface area contributed by atoms with Crippen LogP contribution in [0.2, 0.25) is 0 Å². The van der Waals surface area contributed by atoms with E-state index in [4.69, 9.17) is 5.11 Å². The minimum absolute atomic E-state index is 0.211. The molecule has 0 aromatic carbocycles. The van der Waals surface area contributed by atoms with E-state index in [-0.39, 0.29) is 11.9 Å². The Labute approximate surface area is 125 Å². The number of carboxylic acids is 1. The molecule has 1 aliphatic heterocycles. The molecule has 0 bridgehead atoms. The van der Waals surface area contributed by atoms with Crippen molar-refractivity contribution in [3.05, 3.63) is 22.4 Å². The van der Waals surface area contributed by atoms with Crippen molar-refractivity contribution in [1.29, 1.82) is 0 Å². The molecule has 108 valence electrons. The highest BCUT2D eigenvalue weighted by Crippen LogP contribution is 2.21. The fourth-order valence-corrected chi connectivity index (χ4v) is 2.49. The molecule has 20 heavy (non-hydrogen) atoms. The van der Waals surface area contributed by atoms with Gasteiger partial charge in [-0.3, -0.25) is 9.78 Å². The van der Waals surface area contributed by atoms with Gasteiger partial charge in [0.05, 0.1) is 17.3 Å². The molecule has 0 aliphatic carbocycles. The summed E-state index contributed by atoms with van der Waals surface area (Å²) < 4.78 is 0.794. The number of pyridine rings is 1. The number of halogens is 1. The first-order valence-corrected chi connectivity index (χ1v) is 7.17. The van der Waals surface area contributed by atoms with Crippen molar-refractivity contribution in [2.75, 3.05) is 18.4 Å². The highest BCUT2D eigenvalue weighted by Gasteiger charge is 2.27. The third-order valence-electron chi connectivity index (χ3n) is 3.43. The summed E-state index contributed by atoms with van der Waals surface area (Å²) in [6, 6.07) is 1.58. The summed E-state index contributed by atoms with van der Waals surface area (Å²) in [5.74, 6) is -1.12. The molecule has 2 heterocycles. The fourth-order valence-electron chi connectivity index (χ4n) is 2.16. The number of likely N-dealkylation sites (tertiary alicyclic amines) is 1. The number of urea groups is 1. The Morgan fingerprint density at radius 1 is 1.45 bits per heavy atom. The van der Waals surface area contributed by atoms with Gasteiger partial charge in [0.2, 0.25) is 0 Å². The zero-order chi connectivity index (χ0) is 14.7. The fraction of sp³-hybridized carbons (Fsp3) is 0.462. The van der Waals surface area contributed by atoms with Crippen molar-refractivity contribution in [2.45, 2.75) is 19.8 Å². The largest absolute Gasteiger partial charge is 0.481 e. The number of aryl methyl sites for hydroxylation is 1. The summed E-state index contributed by atoms with van der Waals surface area (Å²) in [6.07, 6.45) is 2.67. The van der Waals surface area contributed by atoms with E-state index in [1.165, 1.54) is 0 Å². The predicted molar refractivity (Wildman–Crippen MR) is 77.6 cm³/mol. The monoisotopic (exact) mass is 341 g/mol. The minimum atomic E-state index is -0.780. The Balaban J connectivity index is 1.96. The average Bonchev–Trinajstić information content (AvgIpc) is 2.43. The molecule has 1 aliphatic rings. The van der Waals surface area contributed by atoms with Crippen molar-refractivity contribution in [1.82, 2.24) is 9.88 Å². The van der Waals surface area contributed by atoms with Crippen LogP contribution in [0.25, 0.3) is 0 Å². The first kappa shape index (κ1) is 14.8. The summed E-state index contributed by atoms with van der Waals surface area (Å²) in [5.41, 5.74) is 1.40. The first-order valence-electron chi connectivity index (χ1n) is 6.38. The number of anilines is 1. The van der Waals surface area contributed by atoms with Crippen LogP contribution >= 0.6 is 15.9 Å². The second kappa shape index (κ2) is 6.21. The lowest BCUT2D eigenvalue weighted by atomic mass is 9.97. The second-order valence-electron chi connectivity index (χ2n) is 4.82.